The standard InChI is InChI=1S/C22H20ClO3P/c1-24-14-12-19(25-2)22(20(13-14)26-3)27(23)21-17-10-6-4-8-15(17)16-9-5-7-11-18(16)21/h4-13,21H,1-3H3. The van der Waals surface area contributed by atoms with Crippen LogP contribution in [0.1, 0.15) is 16.8 Å². The van der Waals surface area contributed by atoms with Crippen LogP contribution in [0.25, 0.3) is 11.1 Å². The Labute approximate surface area is 165 Å². The first-order valence-electron chi connectivity index (χ1n) is 8.62. The Bertz CT molecular complexity index is 918. The summed E-state index contributed by atoms with van der Waals surface area (Å²) in [5, 5.41) is 0.897. The van der Waals surface area contributed by atoms with E-state index in [2.05, 4.69) is 48.5 Å². The Morgan fingerprint density at radius 1 is 0.741 bits per heavy atom. The molecule has 1 unspecified atom stereocenters. The fraction of sp³-hybridized carbons (Fsp3) is 0.182. The molecule has 0 amide bonds. The highest BCUT2D eigenvalue weighted by Crippen LogP contribution is 2.65. The van der Waals surface area contributed by atoms with E-state index in [9.17, 15) is 0 Å². The number of rotatable bonds is 5. The summed E-state index contributed by atoms with van der Waals surface area (Å²) in [4.78, 5) is 0. The lowest BCUT2D eigenvalue weighted by molar-refractivity contribution is 0.380. The molecular weight excluding hydrogens is 379 g/mol. The van der Waals surface area contributed by atoms with Crippen molar-refractivity contribution >= 4 is 23.8 Å². The van der Waals surface area contributed by atoms with Crippen LogP contribution in [0.2, 0.25) is 0 Å². The number of halogens is 1. The third kappa shape index (κ3) is 2.96. The van der Waals surface area contributed by atoms with Gasteiger partial charge in [-0.1, -0.05) is 59.8 Å². The molecule has 27 heavy (non-hydrogen) atoms. The third-order valence-electron chi connectivity index (χ3n) is 4.93. The van der Waals surface area contributed by atoms with E-state index in [0.29, 0.717) is 17.2 Å². The second kappa shape index (κ2) is 7.42. The van der Waals surface area contributed by atoms with Gasteiger partial charge in [0.2, 0.25) is 0 Å². The summed E-state index contributed by atoms with van der Waals surface area (Å²) in [5.74, 6) is 2.06. The number of fused-ring (bicyclic) bond motifs is 3. The second-order valence-electron chi connectivity index (χ2n) is 6.27. The lowest BCUT2D eigenvalue weighted by Gasteiger charge is -2.24. The Balaban J connectivity index is 1.90. The van der Waals surface area contributed by atoms with Crippen molar-refractivity contribution < 1.29 is 14.2 Å². The van der Waals surface area contributed by atoms with Gasteiger partial charge in [0.25, 0.3) is 0 Å². The van der Waals surface area contributed by atoms with Crippen molar-refractivity contribution in [3.05, 3.63) is 71.8 Å². The summed E-state index contributed by atoms with van der Waals surface area (Å²) < 4.78 is 16.7. The molecule has 0 N–H and O–H groups in total. The van der Waals surface area contributed by atoms with Crippen molar-refractivity contribution in [2.45, 2.75) is 5.66 Å². The second-order valence-corrected chi connectivity index (χ2v) is 8.95. The van der Waals surface area contributed by atoms with E-state index >= 15 is 0 Å². The van der Waals surface area contributed by atoms with Gasteiger partial charge >= 0.3 is 0 Å². The Morgan fingerprint density at radius 3 is 1.67 bits per heavy atom. The van der Waals surface area contributed by atoms with Gasteiger partial charge in [-0.05, 0) is 22.3 Å². The average molecular weight is 399 g/mol. The molecule has 1 aliphatic rings. The topological polar surface area (TPSA) is 27.7 Å². The molecule has 4 rings (SSSR count). The Morgan fingerprint density at radius 2 is 1.22 bits per heavy atom. The molecule has 5 heteroatoms. The van der Waals surface area contributed by atoms with Crippen LogP contribution in [-0.4, -0.2) is 21.3 Å². The Hall–Kier alpha value is -2.22. The van der Waals surface area contributed by atoms with E-state index < -0.39 is 7.27 Å². The molecule has 0 aliphatic heterocycles. The summed E-state index contributed by atoms with van der Waals surface area (Å²) in [6, 6.07) is 20.7. The van der Waals surface area contributed by atoms with Gasteiger partial charge in [-0.2, -0.15) is 0 Å². The van der Waals surface area contributed by atoms with Crippen molar-refractivity contribution in [3.8, 4) is 28.4 Å². The molecule has 0 spiro atoms. The van der Waals surface area contributed by atoms with E-state index in [1.807, 2.05) is 12.1 Å². The predicted octanol–water partition coefficient (Wildman–Crippen LogP) is 5.74. The maximum absolute atomic E-state index is 7.20. The molecule has 3 aromatic rings. The number of benzene rings is 3. The maximum atomic E-state index is 7.20. The van der Waals surface area contributed by atoms with E-state index in [1.54, 1.807) is 21.3 Å². The molecule has 3 aromatic carbocycles. The number of hydrogen-bond acceptors (Lipinski definition) is 3. The molecule has 0 bridgehead atoms. The van der Waals surface area contributed by atoms with E-state index in [4.69, 9.17) is 25.5 Å². The normalized spacial score (nSPS) is 13.6. The molecule has 0 saturated heterocycles. The molecule has 0 saturated carbocycles. The van der Waals surface area contributed by atoms with Gasteiger partial charge in [0.05, 0.1) is 26.6 Å². The van der Waals surface area contributed by atoms with Crippen LogP contribution in [0.15, 0.2) is 60.7 Å². The van der Waals surface area contributed by atoms with E-state index in [1.165, 1.54) is 22.3 Å². The zero-order valence-corrected chi connectivity index (χ0v) is 17.1. The first kappa shape index (κ1) is 18.2. The van der Waals surface area contributed by atoms with Crippen LogP contribution in [0.3, 0.4) is 0 Å². The van der Waals surface area contributed by atoms with Gasteiger partial charge in [0, 0.05) is 25.1 Å². The first-order chi connectivity index (χ1) is 13.2. The van der Waals surface area contributed by atoms with Crippen molar-refractivity contribution in [1.29, 1.82) is 0 Å². The van der Waals surface area contributed by atoms with Crippen molar-refractivity contribution in [1.82, 2.24) is 0 Å². The summed E-state index contributed by atoms with van der Waals surface area (Å²) in [6.45, 7) is 0. The van der Waals surface area contributed by atoms with Crippen molar-refractivity contribution in [3.63, 3.8) is 0 Å². The van der Waals surface area contributed by atoms with Gasteiger partial charge in [0.1, 0.15) is 17.2 Å². The van der Waals surface area contributed by atoms with Crippen LogP contribution >= 0.6 is 18.5 Å². The summed E-state index contributed by atoms with van der Waals surface area (Å²) in [6.07, 6.45) is 0. The third-order valence-corrected chi connectivity index (χ3v) is 7.90. The zero-order chi connectivity index (χ0) is 19.0. The molecule has 0 radical (unpaired) electrons. The highest BCUT2D eigenvalue weighted by Gasteiger charge is 2.37. The largest absolute Gasteiger partial charge is 0.496 e. The first-order valence-corrected chi connectivity index (χ1v) is 10.9. The van der Waals surface area contributed by atoms with Crippen LogP contribution in [0.5, 0.6) is 17.2 Å². The Kier molecular flexibility index (Phi) is 4.99. The fourth-order valence-electron chi connectivity index (χ4n) is 3.70. The molecule has 1 atom stereocenters. The predicted molar refractivity (Wildman–Crippen MR) is 112 cm³/mol. The van der Waals surface area contributed by atoms with E-state index in [-0.39, 0.29) is 5.66 Å². The summed E-state index contributed by atoms with van der Waals surface area (Å²) in [5.41, 5.74) is 5.07. The molecular formula is C22H20ClO3P. The van der Waals surface area contributed by atoms with Crippen LogP contribution in [0.4, 0.5) is 0 Å². The minimum Gasteiger partial charge on any atom is -0.496 e. The minimum atomic E-state index is -1.15. The molecule has 3 nitrogen and oxygen atoms in total. The SMILES string of the molecule is COc1cc(OC)c(P(Cl)C2c3ccccc3-c3ccccc32)c(OC)c1. The van der Waals surface area contributed by atoms with E-state index in [0.717, 1.165) is 5.30 Å². The zero-order valence-electron chi connectivity index (χ0n) is 15.4. The molecule has 0 fully saturated rings. The van der Waals surface area contributed by atoms with Crippen LogP contribution in [-0.2, 0) is 0 Å². The molecule has 138 valence electrons. The van der Waals surface area contributed by atoms with Crippen molar-refractivity contribution in [2.24, 2.45) is 0 Å². The lowest BCUT2D eigenvalue weighted by atomic mass is 10.1. The number of methoxy groups -OCH3 is 3. The minimum absolute atomic E-state index is 0.0743. The summed E-state index contributed by atoms with van der Waals surface area (Å²) in [7, 11) is 3.77. The summed E-state index contributed by atoms with van der Waals surface area (Å²) >= 11 is 7.20. The van der Waals surface area contributed by atoms with Gasteiger partial charge in [0.15, 0.2) is 0 Å². The molecule has 0 heterocycles. The van der Waals surface area contributed by atoms with Gasteiger partial charge in [-0.3, -0.25) is 0 Å². The smallest absolute Gasteiger partial charge is 0.135 e. The van der Waals surface area contributed by atoms with Crippen LogP contribution < -0.4 is 19.5 Å². The maximum Gasteiger partial charge on any atom is 0.135 e. The highest BCUT2D eigenvalue weighted by molar-refractivity contribution is 7.90. The van der Waals surface area contributed by atoms with Gasteiger partial charge in [-0.25, -0.2) is 0 Å². The lowest BCUT2D eigenvalue weighted by Crippen LogP contribution is -2.11. The fourth-order valence-corrected chi connectivity index (χ4v) is 6.76. The molecule has 1 aliphatic carbocycles. The average Bonchev–Trinajstić information content (AvgIpc) is 3.06. The quantitative estimate of drug-likeness (QED) is 0.513. The highest BCUT2D eigenvalue weighted by atomic mass is 35.7. The van der Waals surface area contributed by atoms with Crippen LogP contribution in [0, 0.1) is 0 Å². The number of hydrogen-bond donors (Lipinski definition) is 0. The van der Waals surface area contributed by atoms with Gasteiger partial charge < -0.3 is 14.2 Å². The monoisotopic (exact) mass is 398 g/mol. The molecule has 0 aromatic heterocycles. The van der Waals surface area contributed by atoms with Crippen molar-refractivity contribution in [2.75, 3.05) is 21.3 Å². The number of ether oxygens (including phenoxy) is 3. The van der Waals surface area contributed by atoms with Gasteiger partial charge in [-0.15, -0.1) is 0 Å².